The van der Waals surface area contributed by atoms with Gasteiger partial charge in [0, 0.05) is 23.6 Å². The first-order valence-corrected chi connectivity index (χ1v) is 6.85. The summed E-state index contributed by atoms with van der Waals surface area (Å²) in [5, 5.41) is 4.66. The summed E-state index contributed by atoms with van der Waals surface area (Å²) in [4.78, 5) is 3.24. The molecule has 0 saturated carbocycles. The number of hydrogen-bond donors (Lipinski definition) is 2. The van der Waals surface area contributed by atoms with Crippen molar-refractivity contribution in [3.05, 3.63) is 30.0 Å². The van der Waals surface area contributed by atoms with E-state index in [-0.39, 0.29) is 0 Å². The van der Waals surface area contributed by atoms with E-state index in [2.05, 4.69) is 35.4 Å². The standard InChI is InChI=1S/C15H20N2O/c1-2-8-16-10-12-5-3-11-4-6-14-13(7-9-17-14)15(11)18-12/h4,6-7,9,12,16-17H,2-3,5,8,10H2,1H3/t12-/m0/s1. The highest BCUT2D eigenvalue weighted by Crippen LogP contribution is 2.34. The Hall–Kier alpha value is -1.48. The smallest absolute Gasteiger partial charge is 0.132 e. The lowest BCUT2D eigenvalue weighted by molar-refractivity contribution is 0.173. The quantitative estimate of drug-likeness (QED) is 0.811. The van der Waals surface area contributed by atoms with Gasteiger partial charge in [0.25, 0.3) is 0 Å². The van der Waals surface area contributed by atoms with E-state index in [0.29, 0.717) is 6.10 Å². The molecule has 96 valence electrons. The fourth-order valence-electron chi connectivity index (χ4n) is 2.61. The van der Waals surface area contributed by atoms with Crippen molar-refractivity contribution < 1.29 is 4.74 Å². The van der Waals surface area contributed by atoms with Gasteiger partial charge in [-0.1, -0.05) is 13.0 Å². The molecule has 2 N–H and O–H groups in total. The second kappa shape index (κ2) is 5.02. The molecule has 0 spiro atoms. The van der Waals surface area contributed by atoms with Crippen molar-refractivity contribution in [1.82, 2.24) is 10.3 Å². The number of aromatic nitrogens is 1. The Labute approximate surface area is 108 Å². The van der Waals surface area contributed by atoms with Gasteiger partial charge in [0.2, 0.25) is 0 Å². The van der Waals surface area contributed by atoms with E-state index in [4.69, 9.17) is 4.74 Å². The van der Waals surface area contributed by atoms with Gasteiger partial charge in [-0.25, -0.2) is 0 Å². The molecule has 0 fully saturated rings. The van der Waals surface area contributed by atoms with Crippen LogP contribution in [-0.2, 0) is 6.42 Å². The van der Waals surface area contributed by atoms with Crippen LogP contribution in [-0.4, -0.2) is 24.2 Å². The zero-order valence-corrected chi connectivity index (χ0v) is 10.8. The molecular formula is C15H20N2O. The third-order valence-electron chi connectivity index (χ3n) is 3.59. The third-order valence-corrected chi connectivity index (χ3v) is 3.59. The molecule has 0 saturated heterocycles. The lowest BCUT2D eigenvalue weighted by Crippen LogP contribution is -2.34. The van der Waals surface area contributed by atoms with Crippen molar-refractivity contribution in [3.8, 4) is 5.75 Å². The lowest BCUT2D eigenvalue weighted by atomic mass is 10.00. The van der Waals surface area contributed by atoms with Gasteiger partial charge in [0.05, 0.1) is 0 Å². The zero-order valence-electron chi connectivity index (χ0n) is 10.8. The van der Waals surface area contributed by atoms with Crippen LogP contribution in [0.15, 0.2) is 24.4 Å². The minimum absolute atomic E-state index is 0.310. The monoisotopic (exact) mass is 244 g/mol. The van der Waals surface area contributed by atoms with Crippen LogP contribution in [0, 0.1) is 0 Å². The molecule has 18 heavy (non-hydrogen) atoms. The molecule has 1 atom stereocenters. The summed E-state index contributed by atoms with van der Waals surface area (Å²) < 4.78 is 6.17. The molecule has 1 aromatic heterocycles. The third kappa shape index (κ3) is 2.10. The number of rotatable bonds is 4. The van der Waals surface area contributed by atoms with Crippen LogP contribution in [0.3, 0.4) is 0 Å². The predicted molar refractivity (Wildman–Crippen MR) is 74.2 cm³/mol. The first-order valence-electron chi connectivity index (χ1n) is 6.85. The average Bonchev–Trinajstić information content (AvgIpc) is 2.87. The lowest BCUT2D eigenvalue weighted by Gasteiger charge is -2.27. The molecule has 3 nitrogen and oxygen atoms in total. The van der Waals surface area contributed by atoms with Gasteiger partial charge >= 0.3 is 0 Å². The van der Waals surface area contributed by atoms with Gasteiger partial charge in [0.1, 0.15) is 11.9 Å². The number of fused-ring (bicyclic) bond motifs is 3. The molecule has 0 radical (unpaired) electrons. The Bertz CT molecular complexity index is 532. The van der Waals surface area contributed by atoms with Crippen LogP contribution in [0.4, 0.5) is 0 Å². The van der Waals surface area contributed by atoms with Crippen molar-refractivity contribution in [2.45, 2.75) is 32.3 Å². The van der Waals surface area contributed by atoms with Crippen LogP contribution in [0.1, 0.15) is 25.3 Å². The number of aromatic amines is 1. The van der Waals surface area contributed by atoms with Crippen LogP contribution in [0.25, 0.3) is 10.9 Å². The maximum atomic E-state index is 6.17. The Morgan fingerprint density at radius 1 is 1.39 bits per heavy atom. The highest BCUT2D eigenvalue weighted by molar-refractivity contribution is 5.87. The topological polar surface area (TPSA) is 37.0 Å². The zero-order chi connectivity index (χ0) is 12.4. The second-order valence-corrected chi connectivity index (χ2v) is 4.98. The fraction of sp³-hybridized carbons (Fsp3) is 0.467. The van der Waals surface area contributed by atoms with Crippen LogP contribution < -0.4 is 10.1 Å². The first kappa shape index (κ1) is 11.6. The van der Waals surface area contributed by atoms with Crippen LogP contribution >= 0.6 is 0 Å². The highest BCUT2D eigenvalue weighted by Gasteiger charge is 2.21. The van der Waals surface area contributed by atoms with Gasteiger partial charge in [-0.05, 0) is 43.5 Å². The largest absolute Gasteiger partial charge is 0.488 e. The molecule has 1 aliphatic rings. The molecule has 1 aliphatic heterocycles. The molecule has 3 rings (SSSR count). The number of H-pyrrole nitrogens is 1. The van der Waals surface area contributed by atoms with Gasteiger partial charge < -0.3 is 15.0 Å². The van der Waals surface area contributed by atoms with Gasteiger partial charge in [0.15, 0.2) is 0 Å². The molecule has 0 aliphatic carbocycles. The van der Waals surface area contributed by atoms with Crippen molar-refractivity contribution in [2.24, 2.45) is 0 Å². The molecule has 0 amide bonds. The van der Waals surface area contributed by atoms with E-state index in [1.165, 1.54) is 17.4 Å². The van der Waals surface area contributed by atoms with Crippen molar-refractivity contribution in [2.75, 3.05) is 13.1 Å². The summed E-state index contributed by atoms with van der Waals surface area (Å²) in [7, 11) is 0. The first-order chi connectivity index (χ1) is 8.88. The van der Waals surface area contributed by atoms with Crippen molar-refractivity contribution in [3.63, 3.8) is 0 Å². The minimum Gasteiger partial charge on any atom is -0.488 e. The van der Waals surface area contributed by atoms with Gasteiger partial charge in [-0.3, -0.25) is 0 Å². The number of hydrogen-bond acceptors (Lipinski definition) is 2. The van der Waals surface area contributed by atoms with Crippen LogP contribution in [0.5, 0.6) is 5.75 Å². The van der Waals surface area contributed by atoms with Gasteiger partial charge in [-0.15, -0.1) is 0 Å². The molecule has 1 aromatic carbocycles. The normalized spacial score (nSPS) is 18.6. The van der Waals surface area contributed by atoms with E-state index in [9.17, 15) is 0 Å². The van der Waals surface area contributed by atoms with Crippen molar-refractivity contribution >= 4 is 10.9 Å². The molecule has 3 heteroatoms. The summed E-state index contributed by atoms with van der Waals surface area (Å²) >= 11 is 0. The molecule has 0 unspecified atom stereocenters. The summed E-state index contributed by atoms with van der Waals surface area (Å²) in [6, 6.07) is 6.44. The minimum atomic E-state index is 0.310. The van der Waals surface area contributed by atoms with E-state index in [1.54, 1.807) is 0 Å². The average molecular weight is 244 g/mol. The Morgan fingerprint density at radius 3 is 3.22 bits per heavy atom. The Kier molecular flexibility index (Phi) is 3.24. The van der Waals surface area contributed by atoms with E-state index < -0.39 is 0 Å². The molecule has 0 bridgehead atoms. The van der Waals surface area contributed by atoms with E-state index in [0.717, 1.165) is 37.2 Å². The predicted octanol–water partition coefficient (Wildman–Crippen LogP) is 2.86. The Morgan fingerprint density at radius 2 is 2.33 bits per heavy atom. The van der Waals surface area contributed by atoms with Gasteiger partial charge in [-0.2, -0.15) is 0 Å². The summed E-state index contributed by atoms with van der Waals surface area (Å²) in [5.41, 5.74) is 2.50. The molecular weight excluding hydrogens is 224 g/mol. The fourth-order valence-corrected chi connectivity index (χ4v) is 2.61. The highest BCUT2D eigenvalue weighted by atomic mass is 16.5. The summed E-state index contributed by atoms with van der Waals surface area (Å²) in [6.45, 7) is 4.21. The number of benzene rings is 1. The molecule has 2 aromatic rings. The van der Waals surface area contributed by atoms with Crippen molar-refractivity contribution in [1.29, 1.82) is 0 Å². The maximum Gasteiger partial charge on any atom is 0.132 e. The number of nitrogens with one attached hydrogen (secondary N) is 2. The molecule has 2 heterocycles. The number of aryl methyl sites for hydroxylation is 1. The summed E-state index contributed by atoms with van der Waals surface area (Å²) in [6.07, 6.45) is 5.69. The SMILES string of the molecule is CCCNC[C@@H]1CCc2ccc3[nH]ccc3c2O1. The van der Waals surface area contributed by atoms with Crippen LogP contribution in [0.2, 0.25) is 0 Å². The van der Waals surface area contributed by atoms with E-state index >= 15 is 0 Å². The Balaban J connectivity index is 1.80. The number of ether oxygens (including phenoxy) is 1. The summed E-state index contributed by atoms with van der Waals surface area (Å²) in [5.74, 6) is 1.09. The van der Waals surface area contributed by atoms with E-state index in [1.807, 2.05) is 6.20 Å². The second-order valence-electron chi connectivity index (χ2n) is 4.98. The maximum absolute atomic E-state index is 6.17.